The largest absolute Gasteiger partial charge is 0.508 e. The number of hydrogen-bond acceptors (Lipinski definition) is 4. The van der Waals surface area contributed by atoms with Gasteiger partial charge in [0.1, 0.15) is 11.4 Å². The van der Waals surface area contributed by atoms with E-state index in [0.29, 0.717) is 19.3 Å². The van der Waals surface area contributed by atoms with Gasteiger partial charge in [-0.3, -0.25) is 14.7 Å². The summed E-state index contributed by atoms with van der Waals surface area (Å²) in [6, 6.07) is 6.07. The van der Waals surface area contributed by atoms with E-state index in [9.17, 15) is 23.1 Å². The van der Waals surface area contributed by atoms with Crippen molar-refractivity contribution in [3.8, 4) is 5.75 Å². The second-order valence-electron chi connectivity index (χ2n) is 8.23. The predicted molar refractivity (Wildman–Crippen MR) is 105 cm³/mol. The molecule has 2 saturated heterocycles. The lowest BCUT2D eigenvalue weighted by Crippen LogP contribution is -2.49. The van der Waals surface area contributed by atoms with Gasteiger partial charge in [0.25, 0.3) is 5.91 Å². The van der Waals surface area contributed by atoms with E-state index < -0.39 is 11.7 Å². The summed E-state index contributed by atoms with van der Waals surface area (Å²) in [5.41, 5.74) is 2.27. The molecule has 0 saturated carbocycles. The maximum absolute atomic E-state index is 12.8. The molecule has 5 nitrogen and oxygen atoms in total. The molecule has 3 heterocycles. The minimum atomic E-state index is -4.47. The number of alkyl halides is 3. The van der Waals surface area contributed by atoms with Crippen molar-refractivity contribution in [2.24, 2.45) is 0 Å². The molecule has 0 aliphatic carbocycles. The molecule has 30 heavy (non-hydrogen) atoms. The average Bonchev–Trinajstić information content (AvgIpc) is 3.31. The van der Waals surface area contributed by atoms with E-state index in [2.05, 4.69) is 16.8 Å². The summed E-state index contributed by atoms with van der Waals surface area (Å²) >= 11 is 0. The second kappa shape index (κ2) is 7.27. The number of likely N-dealkylation sites (tertiary alicyclic amines) is 2. The average molecular weight is 419 g/mol. The fraction of sp³-hybridized carbons (Fsp3) is 0.455. The van der Waals surface area contributed by atoms with Crippen LogP contribution >= 0.6 is 0 Å². The number of rotatable bonds is 3. The minimum absolute atomic E-state index is 0.0209. The van der Waals surface area contributed by atoms with Crippen LogP contribution in [0.5, 0.6) is 5.75 Å². The lowest BCUT2D eigenvalue weighted by Gasteiger charge is -2.38. The summed E-state index contributed by atoms with van der Waals surface area (Å²) in [5, 5.41) is 9.92. The van der Waals surface area contributed by atoms with Gasteiger partial charge in [-0.2, -0.15) is 13.2 Å². The predicted octanol–water partition coefficient (Wildman–Crippen LogP) is 4.08. The number of fused-ring (bicyclic) bond motifs is 2. The zero-order chi connectivity index (χ0) is 21.8. The fourth-order valence-corrected chi connectivity index (χ4v) is 4.71. The van der Waals surface area contributed by atoms with Gasteiger partial charge >= 0.3 is 6.18 Å². The molecule has 160 valence electrons. The highest BCUT2D eigenvalue weighted by atomic mass is 19.4. The minimum Gasteiger partial charge on any atom is -0.508 e. The standard InChI is InChI=1S/C22H24F3N3O2/c1-12-13(2)20(29)7-5-18(12)14(3)27-10-17-8-16(27)11-28(17)21(30)19-6-4-15(9-26-19)22(23,24)25/h4-7,9,14,16-17,29H,8,10-11H2,1-3H3/t14-,16+,17+/m0/s1. The van der Waals surface area contributed by atoms with E-state index in [4.69, 9.17) is 0 Å². The number of carbonyl (C=O) groups is 1. The van der Waals surface area contributed by atoms with Gasteiger partial charge in [0.05, 0.1) is 5.56 Å². The number of phenols is 1. The normalized spacial score (nSPS) is 22.5. The first-order chi connectivity index (χ1) is 14.1. The van der Waals surface area contributed by atoms with Crippen LogP contribution in [0.25, 0.3) is 0 Å². The van der Waals surface area contributed by atoms with Crippen LogP contribution in [0, 0.1) is 13.8 Å². The molecule has 0 spiro atoms. The van der Waals surface area contributed by atoms with Crippen molar-refractivity contribution in [1.29, 1.82) is 0 Å². The first-order valence-corrected chi connectivity index (χ1v) is 9.97. The van der Waals surface area contributed by atoms with Crippen molar-refractivity contribution in [2.45, 2.75) is 51.5 Å². The maximum Gasteiger partial charge on any atom is 0.417 e. The molecule has 2 bridgehead atoms. The molecule has 8 heteroatoms. The molecule has 4 rings (SSSR count). The number of pyridine rings is 1. The van der Waals surface area contributed by atoms with Crippen LogP contribution in [-0.4, -0.2) is 51.0 Å². The number of halogens is 3. The second-order valence-corrected chi connectivity index (χ2v) is 8.23. The van der Waals surface area contributed by atoms with Gasteiger partial charge in [0.15, 0.2) is 0 Å². The fourth-order valence-electron chi connectivity index (χ4n) is 4.71. The molecular weight excluding hydrogens is 395 g/mol. The molecule has 1 aromatic heterocycles. The van der Waals surface area contributed by atoms with E-state index in [1.54, 1.807) is 11.0 Å². The van der Waals surface area contributed by atoms with E-state index in [1.807, 2.05) is 19.9 Å². The van der Waals surface area contributed by atoms with E-state index in [-0.39, 0.29) is 35.5 Å². The third-order valence-corrected chi connectivity index (χ3v) is 6.60. The Labute approximate surface area is 173 Å². The number of amides is 1. The topological polar surface area (TPSA) is 56.7 Å². The summed E-state index contributed by atoms with van der Waals surface area (Å²) in [6.45, 7) is 7.27. The van der Waals surface area contributed by atoms with Crippen molar-refractivity contribution in [1.82, 2.24) is 14.8 Å². The van der Waals surface area contributed by atoms with E-state index >= 15 is 0 Å². The summed E-state index contributed by atoms with van der Waals surface area (Å²) in [6.07, 6.45) is -2.92. The SMILES string of the molecule is Cc1c(O)ccc([C@H](C)N2C[C@H]3C[C@@H]2CN3C(=O)c2ccc(C(F)(F)F)cn2)c1C. The van der Waals surface area contributed by atoms with Crippen LogP contribution in [-0.2, 0) is 6.18 Å². The Bertz CT molecular complexity index is 975. The van der Waals surface area contributed by atoms with Gasteiger partial charge < -0.3 is 10.0 Å². The van der Waals surface area contributed by atoms with E-state index in [1.165, 1.54) is 0 Å². The summed E-state index contributed by atoms with van der Waals surface area (Å²) < 4.78 is 38.2. The third-order valence-electron chi connectivity index (χ3n) is 6.60. The van der Waals surface area contributed by atoms with Crippen molar-refractivity contribution >= 4 is 5.91 Å². The number of nitrogens with zero attached hydrogens (tertiary/aromatic N) is 3. The molecule has 2 aliphatic rings. The summed E-state index contributed by atoms with van der Waals surface area (Å²) in [5.74, 6) is -0.0348. The van der Waals surface area contributed by atoms with Crippen molar-refractivity contribution in [3.05, 3.63) is 58.4 Å². The Morgan fingerprint density at radius 2 is 1.87 bits per heavy atom. The van der Waals surface area contributed by atoms with E-state index in [0.717, 1.165) is 35.2 Å². The van der Waals surface area contributed by atoms with Crippen LogP contribution < -0.4 is 0 Å². The number of benzene rings is 1. The molecule has 1 amide bonds. The molecule has 1 N–H and O–H groups in total. The molecule has 1 aromatic carbocycles. The quantitative estimate of drug-likeness (QED) is 0.815. The van der Waals surface area contributed by atoms with Gasteiger partial charge in [-0.05, 0) is 62.1 Å². The summed E-state index contributed by atoms with van der Waals surface area (Å²) in [4.78, 5) is 20.7. The molecule has 2 aliphatic heterocycles. The Morgan fingerprint density at radius 3 is 2.43 bits per heavy atom. The highest BCUT2D eigenvalue weighted by Gasteiger charge is 2.47. The van der Waals surface area contributed by atoms with Crippen LogP contribution in [0.3, 0.4) is 0 Å². The van der Waals surface area contributed by atoms with Crippen LogP contribution in [0.4, 0.5) is 13.2 Å². The molecular formula is C22H24F3N3O2. The number of piperazine rings is 1. The number of aromatic nitrogens is 1. The Kier molecular flexibility index (Phi) is 5.00. The monoisotopic (exact) mass is 419 g/mol. The highest BCUT2D eigenvalue weighted by Crippen LogP contribution is 2.39. The van der Waals surface area contributed by atoms with Gasteiger partial charge in [-0.25, -0.2) is 0 Å². The molecule has 3 atom stereocenters. The number of aromatic hydroxyl groups is 1. The maximum atomic E-state index is 12.8. The van der Waals surface area contributed by atoms with Crippen LogP contribution in [0.15, 0.2) is 30.5 Å². The third kappa shape index (κ3) is 3.43. The summed E-state index contributed by atoms with van der Waals surface area (Å²) in [7, 11) is 0. The highest BCUT2D eigenvalue weighted by molar-refractivity contribution is 5.93. The van der Waals surface area contributed by atoms with Gasteiger partial charge in [0, 0.05) is 37.4 Å². The first kappa shape index (κ1) is 20.7. The lowest BCUT2D eigenvalue weighted by atomic mass is 9.96. The first-order valence-electron chi connectivity index (χ1n) is 9.97. The van der Waals surface area contributed by atoms with Gasteiger partial charge in [-0.15, -0.1) is 0 Å². The molecule has 2 fully saturated rings. The number of hydrogen-bond donors (Lipinski definition) is 1. The molecule has 0 unspecified atom stereocenters. The van der Waals surface area contributed by atoms with Crippen LogP contribution in [0.1, 0.15) is 52.1 Å². The molecule has 2 aromatic rings. The smallest absolute Gasteiger partial charge is 0.417 e. The Balaban J connectivity index is 1.47. The van der Waals surface area contributed by atoms with Gasteiger partial charge in [0.2, 0.25) is 0 Å². The van der Waals surface area contributed by atoms with Crippen molar-refractivity contribution < 1.29 is 23.1 Å². The van der Waals surface area contributed by atoms with Crippen LogP contribution in [0.2, 0.25) is 0 Å². The lowest BCUT2D eigenvalue weighted by molar-refractivity contribution is -0.137. The molecule has 0 radical (unpaired) electrons. The zero-order valence-electron chi connectivity index (χ0n) is 17.1. The van der Waals surface area contributed by atoms with Crippen molar-refractivity contribution in [2.75, 3.05) is 13.1 Å². The Hall–Kier alpha value is -2.61. The number of phenolic OH excluding ortho intramolecular Hbond substituents is 1. The Morgan fingerprint density at radius 1 is 1.13 bits per heavy atom. The van der Waals surface area contributed by atoms with Crippen molar-refractivity contribution in [3.63, 3.8) is 0 Å². The number of carbonyl (C=O) groups excluding carboxylic acids is 1. The van der Waals surface area contributed by atoms with Gasteiger partial charge in [-0.1, -0.05) is 6.07 Å². The zero-order valence-corrected chi connectivity index (χ0v) is 17.1.